The molecule has 0 aliphatic rings. The Morgan fingerprint density at radius 3 is 2.83 bits per heavy atom. The third kappa shape index (κ3) is 3.93. The monoisotopic (exact) mass is 245 g/mol. The Hall–Kier alpha value is -2.30. The first kappa shape index (κ1) is 12.2. The van der Waals surface area contributed by atoms with E-state index in [1.807, 2.05) is 30.3 Å². The smallest absolute Gasteiger partial charge is 0.319 e. The van der Waals surface area contributed by atoms with Crippen molar-refractivity contribution in [3.63, 3.8) is 0 Å². The fourth-order valence-corrected chi connectivity index (χ4v) is 1.54. The van der Waals surface area contributed by atoms with Crippen molar-refractivity contribution in [2.24, 2.45) is 0 Å². The van der Waals surface area contributed by atoms with Gasteiger partial charge in [0, 0.05) is 17.8 Å². The van der Waals surface area contributed by atoms with Crippen LogP contribution in [0, 0.1) is 0 Å². The molecule has 1 aromatic heterocycles. The van der Waals surface area contributed by atoms with Crippen molar-refractivity contribution in [3.8, 4) is 0 Å². The zero-order valence-corrected chi connectivity index (χ0v) is 9.93. The number of nitrogens with zero attached hydrogens (tertiary/aromatic N) is 1. The maximum Gasteiger partial charge on any atom is 0.319 e. The Bertz CT molecular complexity index is 468. The second-order valence-corrected chi connectivity index (χ2v) is 3.88. The van der Waals surface area contributed by atoms with Crippen molar-refractivity contribution in [1.29, 1.82) is 0 Å². The van der Waals surface area contributed by atoms with Gasteiger partial charge < -0.3 is 15.2 Å². The molecule has 2 amide bonds. The van der Waals surface area contributed by atoms with Gasteiger partial charge in [-0.15, -0.1) is 0 Å². The van der Waals surface area contributed by atoms with Gasteiger partial charge >= 0.3 is 6.03 Å². The highest BCUT2D eigenvalue weighted by molar-refractivity contribution is 5.89. The molecule has 0 bridgehead atoms. The van der Waals surface area contributed by atoms with Crippen LogP contribution < -0.4 is 10.6 Å². The fourth-order valence-electron chi connectivity index (χ4n) is 1.54. The molecule has 2 rings (SSSR count). The maximum absolute atomic E-state index is 11.5. The van der Waals surface area contributed by atoms with Crippen molar-refractivity contribution in [1.82, 2.24) is 10.5 Å². The SMILES string of the molecule is O=C(NCCCc1cnoc1)Nc1ccccc1. The summed E-state index contributed by atoms with van der Waals surface area (Å²) in [5.74, 6) is 0. The molecule has 18 heavy (non-hydrogen) atoms. The average Bonchev–Trinajstić information content (AvgIpc) is 2.89. The number of benzene rings is 1. The number of nitrogens with one attached hydrogen (secondary N) is 2. The first-order chi connectivity index (χ1) is 8.84. The van der Waals surface area contributed by atoms with E-state index in [0.29, 0.717) is 6.54 Å². The first-order valence-corrected chi connectivity index (χ1v) is 5.83. The molecule has 0 saturated carbocycles. The van der Waals surface area contributed by atoms with Crippen LogP contribution in [-0.2, 0) is 6.42 Å². The number of hydrogen-bond acceptors (Lipinski definition) is 3. The topological polar surface area (TPSA) is 67.2 Å². The zero-order valence-electron chi connectivity index (χ0n) is 9.93. The minimum Gasteiger partial charge on any atom is -0.364 e. The molecule has 5 nitrogen and oxygen atoms in total. The Labute approximate surface area is 105 Å². The van der Waals surface area contributed by atoms with Crippen LogP contribution in [0.1, 0.15) is 12.0 Å². The molecule has 2 aromatic rings. The number of hydrogen-bond donors (Lipinski definition) is 2. The van der Waals surface area contributed by atoms with Crippen LogP contribution in [0.2, 0.25) is 0 Å². The molecule has 0 saturated heterocycles. The van der Waals surface area contributed by atoms with Crippen LogP contribution in [0.4, 0.5) is 10.5 Å². The van der Waals surface area contributed by atoms with E-state index in [0.717, 1.165) is 24.1 Å². The summed E-state index contributed by atoms with van der Waals surface area (Å²) in [5, 5.41) is 9.16. The lowest BCUT2D eigenvalue weighted by Gasteiger charge is -2.06. The zero-order chi connectivity index (χ0) is 12.6. The predicted octanol–water partition coefficient (Wildman–Crippen LogP) is 2.43. The standard InChI is InChI=1S/C13H15N3O2/c17-13(16-12-6-2-1-3-7-12)14-8-4-5-11-9-15-18-10-11/h1-3,6-7,9-10H,4-5,8H2,(H2,14,16,17). The largest absolute Gasteiger partial charge is 0.364 e. The lowest BCUT2D eigenvalue weighted by Crippen LogP contribution is -2.29. The van der Waals surface area contributed by atoms with E-state index in [1.165, 1.54) is 0 Å². The van der Waals surface area contributed by atoms with Crippen LogP contribution in [0.15, 0.2) is 47.3 Å². The number of aryl methyl sites for hydroxylation is 1. The lowest BCUT2D eigenvalue weighted by atomic mass is 10.2. The number of carbonyl (C=O) groups excluding carboxylic acids is 1. The molecule has 94 valence electrons. The normalized spacial score (nSPS) is 10.0. The molecule has 0 aliphatic carbocycles. The summed E-state index contributed by atoms with van der Waals surface area (Å²) < 4.78 is 4.72. The van der Waals surface area contributed by atoms with Gasteiger partial charge in [-0.05, 0) is 25.0 Å². The van der Waals surface area contributed by atoms with Gasteiger partial charge in [0.15, 0.2) is 0 Å². The van der Waals surface area contributed by atoms with Gasteiger partial charge in [-0.2, -0.15) is 0 Å². The Morgan fingerprint density at radius 2 is 2.11 bits per heavy atom. The Morgan fingerprint density at radius 1 is 1.28 bits per heavy atom. The number of rotatable bonds is 5. The van der Waals surface area contributed by atoms with Gasteiger partial charge in [-0.3, -0.25) is 0 Å². The summed E-state index contributed by atoms with van der Waals surface area (Å²) in [6.45, 7) is 0.615. The van der Waals surface area contributed by atoms with E-state index >= 15 is 0 Å². The summed E-state index contributed by atoms with van der Waals surface area (Å²) in [5.41, 5.74) is 1.83. The Balaban J connectivity index is 1.63. The van der Waals surface area contributed by atoms with Crippen molar-refractivity contribution < 1.29 is 9.32 Å². The van der Waals surface area contributed by atoms with E-state index in [2.05, 4.69) is 15.8 Å². The molecule has 0 atom stereocenters. The van der Waals surface area contributed by atoms with E-state index < -0.39 is 0 Å². The second kappa shape index (κ2) is 6.44. The van der Waals surface area contributed by atoms with Crippen LogP contribution >= 0.6 is 0 Å². The maximum atomic E-state index is 11.5. The van der Waals surface area contributed by atoms with Crippen molar-refractivity contribution in [2.45, 2.75) is 12.8 Å². The van der Waals surface area contributed by atoms with Gasteiger partial charge in [0.25, 0.3) is 0 Å². The number of carbonyl (C=O) groups is 1. The predicted molar refractivity (Wildman–Crippen MR) is 68.3 cm³/mol. The number of para-hydroxylation sites is 1. The molecule has 1 aromatic carbocycles. The van der Waals surface area contributed by atoms with Crippen LogP contribution in [0.3, 0.4) is 0 Å². The molecular weight excluding hydrogens is 230 g/mol. The molecule has 0 radical (unpaired) electrons. The third-order valence-corrected chi connectivity index (χ3v) is 2.44. The highest BCUT2D eigenvalue weighted by Gasteiger charge is 2.00. The van der Waals surface area contributed by atoms with Crippen LogP contribution in [-0.4, -0.2) is 17.7 Å². The average molecular weight is 245 g/mol. The van der Waals surface area contributed by atoms with Gasteiger partial charge in [-0.1, -0.05) is 23.4 Å². The number of aromatic nitrogens is 1. The van der Waals surface area contributed by atoms with E-state index in [4.69, 9.17) is 4.52 Å². The summed E-state index contributed by atoms with van der Waals surface area (Å²) >= 11 is 0. The Kier molecular flexibility index (Phi) is 4.35. The number of amides is 2. The summed E-state index contributed by atoms with van der Waals surface area (Å²) in [6.07, 6.45) is 4.99. The second-order valence-electron chi connectivity index (χ2n) is 3.88. The van der Waals surface area contributed by atoms with Crippen molar-refractivity contribution in [3.05, 3.63) is 48.4 Å². The molecule has 1 heterocycles. The van der Waals surface area contributed by atoms with Gasteiger partial charge in [0.2, 0.25) is 0 Å². The van der Waals surface area contributed by atoms with E-state index in [9.17, 15) is 4.79 Å². The molecule has 0 spiro atoms. The summed E-state index contributed by atoms with van der Waals surface area (Å²) in [7, 11) is 0. The van der Waals surface area contributed by atoms with Gasteiger partial charge in [0.1, 0.15) is 6.26 Å². The molecular formula is C13H15N3O2. The summed E-state index contributed by atoms with van der Waals surface area (Å²) in [4.78, 5) is 11.5. The highest BCUT2D eigenvalue weighted by atomic mass is 16.5. The van der Waals surface area contributed by atoms with Crippen molar-refractivity contribution >= 4 is 11.7 Å². The quantitative estimate of drug-likeness (QED) is 0.795. The molecule has 0 fully saturated rings. The number of anilines is 1. The molecule has 0 aliphatic heterocycles. The molecule has 2 N–H and O–H groups in total. The molecule has 0 unspecified atom stereocenters. The minimum absolute atomic E-state index is 0.188. The van der Waals surface area contributed by atoms with E-state index in [1.54, 1.807) is 12.5 Å². The van der Waals surface area contributed by atoms with Crippen LogP contribution in [0.5, 0.6) is 0 Å². The molecule has 5 heteroatoms. The highest BCUT2D eigenvalue weighted by Crippen LogP contribution is 2.04. The van der Waals surface area contributed by atoms with Gasteiger partial charge in [0.05, 0.1) is 6.20 Å². The first-order valence-electron chi connectivity index (χ1n) is 5.83. The fraction of sp³-hybridized carbons (Fsp3) is 0.231. The number of urea groups is 1. The lowest BCUT2D eigenvalue weighted by molar-refractivity contribution is 0.252. The van der Waals surface area contributed by atoms with Gasteiger partial charge in [-0.25, -0.2) is 4.79 Å². The van der Waals surface area contributed by atoms with Crippen molar-refractivity contribution in [2.75, 3.05) is 11.9 Å². The van der Waals surface area contributed by atoms with E-state index in [-0.39, 0.29) is 6.03 Å². The third-order valence-electron chi connectivity index (χ3n) is 2.44. The van der Waals surface area contributed by atoms with Crippen LogP contribution in [0.25, 0.3) is 0 Å². The summed E-state index contributed by atoms with van der Waals surface area (Å²) in [6, 6.07) is 9.16. The minimum atomic E-state index is -0.188.